The van der Waals surface area contributed by atoms with Gasteiger partial charge in [-0.25, -0.2) is 0 Å². The molecule has 0 unspecified atom stereocenters. The molecule has 0 aromatic heterocycles. The lowest BCUT2D eigenvalue weighted by Crippen LogP contribution is -2.49. The highest BCUT2D eigenvalue weighted by molar-refractivity contribution is 5.82. The summed E-state index contributed by atoms with van der Waals surface area (Å²) in [5.74, 6) is 0.140. The molecule has 1 rings (SSSR count). The standard InChI is InChI=1S/C14H27N3O2/c1-5-16-8-10-17(11-9-16)12(18)6-7-15-13(19)14(2,3)4/h5-11H2,1-4H3,(H,15,19). The summed E-state index contributed by atoms with van der Waals surface area (Å²) < 4.78 is 0. The normalized spacial score (nSPS) is 17.4. The number of nitrogens with one attached hydrogen (secondary N) is 1. The van der Waals surface area contributed by atoms with E-state index in [1.165, 1.54) is 0 Å². The fourth-order valence-corrected chi connectivity index (χ4v) is 2.02. The van der Waals surface area contributed by atoms with Crippen LogP contribution in [0.3, 0.4) is 0 Å². The summed E-state index contributed by atoms with van der Waals surface area (Å²) in [6.07, 6.45) is 0.397. The first kappa shape index (κ1) is 16.0. The molecule has 0 bridgehead atoms. The monoisotopic (exact) mass is 269 g/mol. The minimum atomic E-state index is -0.393. The van der Waals surface area contributed by atoms with Crippen molar-refractivity contribution in [3.8, 4) is 0 Å². The molecular weight excluding hydrogens is 242 g/mol. The molecule has 1 heterocycles. The Labute approximate surface area is 116 Å². The lowest BCUT2D eigenvalue weighted by atomic mass is 9.96. The average molecular weight is 269 g/mol. The van der Waals surface area contributed by atoms with Crippen molar-refractivity contribution in [3.63, 3.8) is 0 Å². The molecular formula is C14H27N3O2. The Hall–Kier alpha value is -1.10. The summed E-state index contributed by atoms with van der Waals surface area (Å²) in [4.78, 5) is 27.9. The van der Waals surface area contributed by atoms with Gasteiger partial charge in [-0.2, -0.15) is 0 Å². The van der Waals surface area contributed by atoms with E-state index >= 15 is 0 Å². The second-order valence-electron chi connectivity index (χ2n) is 6.07. The van der Waals surface area contributed by atoms with Gasteiger partial charge < -0.3 is 15.1 Å². The maximum atomic E-state index is 12.0. The predicted octanol–water partition coefficient (Wildman–Crippen LogP) is 0.703. The van der Waals surface area contributed by atoms with E-state index in [4.69, 9.17) is 0 Å². The highest BCUT2D eigenvalue weighted by atomic mass is 16.2. The largest absolute Gasteiger partial charge is 0.355 e. The summed E-state index contributed by atoms with van der Waals surface area (Å²) in [5.41, 5.74) is -0.393. The second kappa shape index (κ2) is 6.89. The number of piperazine rings is 1. The maximum Gasteiger partial charge on any atom is 0.225 e. The van der Waals surface area contributed by atoms with Crippen LogP contribution < -0.4 is 5.32 Å². The molecule has 0 radical (unpaired) electrons. The molecule has 0 spiro atoms. The van der Waals surface area contributed by atoms with Gasteiger partial charge in [0.1, 0.15) is 0 Å². The molecule has 5 heteroatoms. The van der Waals surface area contributed by atoms with E-state index in [1.54, 1.807) is 0 Å². The second-order valence-corrected chi connectivity index (χ2v) is 6.07. The molecule has 0 aliphatic carbocycles. The zero-order valence-electron chi connectivity index (χ0n) is 12.7. The summed E-state index contributed by atoms with van der Waals surface area (Å²) in [5, 5.41) is 2.82. The van der Waals surface area contributed by atoms with E-state index in [0.29, 0.717) is 13.0 Å². The van der Waals surface area contributed by atoms with Crippen molar-refractivity contribution in [1.82, 2.24) is 15.1 Å². The number of hydrogen-bond donors (Lipinski definition) is 1. The van der Waals surface area contributed by atoms with Crippen molar-refractivity contribution >= 4 is 11.8 Å². The Morgan fingerprint density at radius 3 is 2.16 bits per heavy atom. The molecule has 0 atom stereocenters. The number of amides is 2. The van der Waals surface area contributed by atoms with Crippen LogP contribution in [-0.2, 0) is 9.59 Å². The first-order valence-electron chi connectivity index (χ1n) is 7.13. The van der Waals surface area contributed by atoms with Crippen molar-refractivity contribution in [3.05, 3.63) is 0 Å². The number of carbonyl (C=O) groups excluding carboxylic acids is 2. The van der Waals surface area contributed by atoms with E-state index in [-0.39, 0.29) is 11.8 Å². The molecule has 1 aliphatic rings. The predicted molar refractivity (Wildman–Crippen MR) is 75.8 cm³/mol. The number of nitrogens with zero attached hydrogens (tertiary/aromatic N) is 2. The molecule has 0 aromatic carbocycles. The van der Waals surface area contributed by atoms with Gasteiger partial charge in [-0.05, 0) is 6.54 Å². The lowest BCUT2D eigenvalue weighted by molar-refractivity contribution is -0.133. The smallest absolute Gasteiger partial charge is 0.225 e. The molecule has 110 valence electrons. The van der Waals surface area contributed by atoms with E-state index in [1.807, 2.05) is 25.7 Å². The number of likely N-dealkylation sites (N-methyl/N-ethyl adjacent to an activating group) is 1. The van der Waals surface area contributed by atoms with Crippen LogP contribution in [0.2, 0.25) is 0 Å². The van der Waals surface area contributed by atoms with Crippen molar-refractivity contribution in [2.45, 2.75) is 34.1 Å². The van der Waals surface area contributed by atoms with E-state index < -0.39 is 5.41 Å². The summed E-state index contributed by atoms with van der Waals surface area (Å²) in [7, 11) is 0. The third kappa shape index (κ3) is 5.19. The van der Waals surface area contributed by atoms with Gasteiger partial charge in [-0.3, -0.25) is 9.59 Å². The van der Waals surface area contributed by atoms with Crippen LogP contribution in [-0.4, -0.2) is 60.9 Å². The minimum absolute atomic E-state index is 0.00361. The average Bonchev–Trinajstić information content (AvgIpc) is 2.37. The molecule has 1 aliphatic heterocycles. The number of rotatable bonds is 4. The number of carbonyl (C=O) groups is 2. The SMILES string of the molecule is CCN1CCN(C(=O)CCNC(=O)C(C)(C)C)CC1. The fraction of sp³-hybridized carbons (Fsp3) is 0.857. The molecule has 1 saturated heterocycles. The first-order valence-corrected chi connectivity index (χ1v) is 7.13. The molecule has 2 amide bonds. The quantitative estimate of drug-likeness (QED) is 0.817. The topological polar surface area (TPSA) is 52.6 Å². The summed E-state index contributed by atoms with van der Waals surface area (Å²) >= 11 is 0. The molecule has 1 fully saturated rings. The highest BCUT2D eigenvalue weighted by Crippen LogP contribution is 2.12. The Morgan fingerprint density at radius 2 is 1.68 bits per heavy atom. The Morgan fingerprint density at radius 1 is 1.11 bits per heavy atom. The molecule has 0 aromatic rings. The fourth-order valence-electron chi connectivity index (χ4n) is 2.02. The van der Waals surface area contributed by atoms with E-state index in [9.17, 15) is 9.59 Å². The van der Waals surface area contributed by atoms with Crippen molar-refractivity contribution in [1.29, 1.82) is 0 Å². The van der Waals surface area contributed by atoms with Gasteiger partial charge in [0.05, 0.1) is 0 Å². The van der Waals surface area contributed by atoms with Gasteiger partial charge in [0.15, 0.2) is 0 Å². The van der Waals surface area contributed by atoms with E-state index in [2.05, 4.69) is 17.1 Å². The van der Waals surface area contributed by atoms with Crippen LogP contribution in [0.1, 0.15) is 34.1 Å². The summed E-state index contributed by atoms with van der Waals surface area (Å²) in [6.45, 7) is 12.7. The Bertz CT molecular complexity index is 315. The first-order chi connectivity index (χ1) is 8.84. The van der Waals surface area contributed by atoms with Crippen LogP contribution in [0.5, 0.6) is 0 Å². The minimum Gasteiger partial charge on any atom is -0.355 e. The van der Waals surface area contributed by atoms with E-state index in [0.717, 1.165) is 32.7 Å². The zero-order valence-corrected chi connectivity index (χ0v) is 12.7. The van der Waals surface area contributed by atoms with Crippen molar-refractivity contribution in [2.75, 3.05) is 39.3 Å². The van der Waals surface area contributed by atoms with Crippen LogP contribution in [0.15, 0.2) is 0 Å². The van der Waals surface area contributed by atoms with Gasteiger partial charge in [-0.1, -0.05) is 27.7 Å². The lowest BCUT2D eigenvalue weighted by Gasteiger charge is -2.34. The molecule has 19 heavy (non-hydrogen) atoms. The molecule has 1 N–H and O–H groups in total. The molecule has 0 saturated carbocycles. The third-order valence-corrected chi connectivity index (χ3v) is 3.48. The summed E-state index contributed by atoms with van der Waals surface area (Å²) in [6, 6.07) is 0. The Balaban J connectivity index is 2.24. The Kier molecular flexibility index (Phi) is 5.79. The third-order valence-electron chi connectivity index (χ3n) is 3.48. The van der Waals surface area contributed by atoms with Crippen LogP contribution in [0, 0.1) is 5.41 Å². The molecule has 5 nitrogen and oxygen atoms in total. The van der Waals surface area contributed by atoms with Crippen molar-refractivity contribution in [2.24, 2.45) is 5.41 Å². The number of hydrogen-bond acceptors (Lipinski definition) is 3. The zero-order chi connectivity index (χ0) is 14.5. The van der Waals surface area contributed by atoms with Gasteiger partial charge in [0, 0.05) is 44.6 Å². The van der Waals surface area contributed by atoms with Crippen LogP contribution in [0.4, 0.5) is 0 Å². The van der Waals surface area contributed by atoms with Crippen molar-refractivity contribution < 1.29 is 9.59 Å². The highest BCUT2D eigenvalue weighted by Gasteiger charge is 2.22. The van der Waals surface area contributed by atoms with Gasteiger partial charge in [0.2, 0.25) is 11.8 Å². The van der Waals surface area contributed by atoms with Gasteiger partial charge >= 0.3 is 0 Å². The van der Waals surface area contributed by atoms with Crippen LogP contribution in [0.25, 0.3) is 0 Å². The van der Waals surface area contributed by atoms with Crippen LogP contribution >= 0.6 is 0 Å². The van der Waals surface area contributed by atoms with Gasteiger partial charge in [-0.15, -0.1) is 0 Å². The van der Waals surface area contributed by atoms with Gasteiger partial charge in [0.25, 0.3) is 0 Å². The maximum absolute atomic E-state index is 12.0.